The highest BCUT2D eigenvalue weighted by atomic mass is 35.5. The number of amides is 1. The zero-order chi connectivity index (χ0) is 21.1. The van der Waals surface area contributed by atoms with E-state index in [9.17, 15) is 13.2 Å². The molecule has 1 amide bonds. The molecule has 0 unspecified atom stereocenters. The van der Waals surface area contributed by atoms with Crippen LogP contribution >= 0.6 is 34.7 Å². The molecular weight excluding hydrogens is 468 g/mol. The standard InChI is InChI=1S/C17H17ClN6O3S3/c18-14-6-7-16(29-14)30(26,27)23-10-8-22(9-11-23)15(25)12-28-17-19-20-21-24(17)13-4-2-1-3-5-13/h1-7H,8-12H2. The van der Waals surface area contributed by atoms with Crippen LogP contribution in [0.15, 0.2) is 51.8 Å². The molecule has 1 aromatic carbocycles. The van der Waals surface area contributed by atoms with E-state index in [0.717, 1.165) is 17.0 Å². The summed E-state index contributed by atoms with van der Waals surface area (Å²) >= 11 is 8.14. The van der Waals surface area contributed by atoms with Crippen molar-refractivity contribution in [2.75, 3.05) is 31.9 Å². The van der Waals surface area contributed by atoms with Crippen molar-refractivity contribution in [3.63, 3.8) is 0 Å². The molecule has 1 aliphatic heterocycles. The third-order valence-electron chi connectivity index (χ3n) is 4.50. The van der Waals surface area contributed by atoms with Crippen LogP contribution in [0.2, 0.25) is 4.34 Å². The van der Waals surface area contributed by atoms with E-state index in [1.807, 2.05) is 30.3 Å². The van der Waals surface area contributed by atoms with Gasteiger partial charge in [0.1, 0.15) is 4.21 Å². The third kappa shape index (κ3) is 4.52. The van der Waals surface area contributed by atoms with Crippen LogP contribution in [0.5, 0.6) is 0 Å². The number of hydrogen-bond donors (Lipinski definition) is 0. The number of rotatable bonds is 6. The minimum absolute atomic E-state index is 0.0844. The van der Waals surface area contributed by atoms with Crippen LogP contribution in [-0.2, 0) is 14.8 Å². The Balaban J connectivity index is 1.33. The predicted octanol–water partition coefficient (Wildman–Crippen LogP) is 2.00. The topological polar surface area (TPSA) is 101 Å². The van der Waals surface area contributed by atoms with Gasteiger partial charge in [-0.05, 0) is 34.7 Å². The van der Waals surface area contributed by atoms with Gasteiger partial charge in [-0.1, -0.05) is 41.6 Å². The number of sulfonamides is 1. The highest BCUT2D eigenvalue weighted by Gasteiger charge is 2.31. The molecule has 0 N–H and O–H groups in total. The van der Waals surface area contributed by atoms with Crippen molar-refractivity contribution in [2.24, 2.45) is 0 Å². The number of nitrogens with zero attached hydrogens (tertiary/aromatic N) is 6. The summed E-state index contributed by atoms with van der Waals surface area (Å²) in [5.41, 5.74) is 0.810. The van der Waals surface area contributed by atoms with E-state index >= 15 is 0 Å². The van der Waals surface area contributed by atoms with Crippen molar-refractivity contribution in [1.82, 2.24) is 29.4 Å². The summed E-state index contributed by atoms with van der Waals surface area (Å²) in [4.78, 5) is 14.3. The number of carbonyl (C=O) groups excluding carboxylic acids is 1. The molecule has 3 aromatic rings. The Morgan fingerprint density at radius 3 is 2.50 bits per heavy atom. The van der Waals surface area contributed by atoms with Gasteiger partial charge in [0.15, 0.2) is 0 Å². The molecule has 0 aliphatic carbocycles. The molecule has 0 saturated carbocycles. The Labute approximate surface area is 186 Å². The quantitative estimate of drug-likeness (QED) is 0.493. The lowest BCUT2D eigenvalue weighted by Crippen LogP contribution is -2.50. The molecule has 13 heteroatoms. The van der Waals surface area contributed by atoms with Crippen LogP contribution in [0.4, 0.5) is 0 Å². The number of carbonyl (C=O) groups is 1. The number of piperazine rings is 1. The fourth-order valence-electron chi connectivity index (χ4n) is 2.96. The molecular formula is C17H17ClN6O3S3. The van der Waals surface area contributed by atoms with Crippen molar-refractivity contribution in [1.29, 1.82) is 0 Å². The number of thioether (sulfide) groups is 1. The molecule has 0 bridgehead atoms. The minimum Gasteiger partial charge on any atom is -0.339 e. The zero-order valence-corrected chi connectivity index (χ0v) is 18.8. The Bertz CT molecular complexity index is 1130. The summed E-state index contributed by atoms with van der Waals surface area (Å²) in [5, 5.41) is 12.2. The van der Waals surface area contributed by atoms with Gasteiger partial charge in [-0.3, -0.25) is 4.79 Å². The smallest absolute Gasteiger partial charge is 0.252 e. The van der Waals surface area contributed by atoms with Gasteiger partial charge in [0, 0.05) is 26.2 Å². The molecule has 1 saturated heterocycles. The molecule has 9 nitrogen and oxygen atoms in total. The number of aromatic nitrogens is 4. The van der Waals surface area contributed by atoms with E-state index in [-0.39, 0.29) is 29.0 Å². The van der Waals surface area contributed by atoms with Gasteiger partial charge in [0.2, 0.25) is 11.1 Å². The Hall–Kier alpha value is -1.99. The Morgan fingerprint density at radius 1 is 1.10 bits per heavy atom. The minimum atomic E-state index is -3.58. The molecule has 158 valence electrons. The summed E-state index contributed by atoms with van der Waals surface area (Å²) in [7, 11) is -3.58. The largest absolute Gasteiger partial charge is 0.339 e. The van der Waals surface area contributed by atoms with Crippen molar-refractivity contribution in [2.45, 2.75) is 9.37 Å². The first-order valence-corrected chi connectivity index (χ1v) is 12.6. The second-order valence-corrected chi connectivity index (χ2v) is 11.2. The molecule has 0 spiro atoms. The van der Waals surface area contributed by atoms with E-state index in [4.69, 9.17) is 11.6 Å². The second kappa shape index (κ2) is 9.02. The van der Waals surface area contributed by atoms with Gasteiger partial charge in [-0.25, -0.2) is 8.42 Å². The summed E-state index contributed by atoms with van der Waals surface area (Å²) in [6, 6.07) is 12.5. The van der Waals surface area contributed by atoms with Crippen LogP contribution in [0.25, 0.3) is 5.69 Å². The molecule has 1 aliphatic rings. The van der Waals surface area contributed by atoms with Crippen molar-refractivity contribution in [3.8, 4) is 5.69 Å². The van der Waals surface area contributed by atoms with Gasteiger partial charge in [0.25, 0.3) is 10.0 Å². The van der Waals surface area contributed by atoms with Gasteiger partial charge in [-0.15, -0.1) is 16.4 Å². The number of tetrazole rings is 1. The van der Waals surface area contributed by atoms with Gasteiger partial charge in [-0.2, -0.15) is 8.99 Å². The predicted molar refractivity (Wildman–Crippen MR) is 115 cm³/mol. The molecule has 1 fully saturated rings. The fraction of sp³-hybridized carbons (Fsp3) is 0.294. The monoisotopic (exact) mass is 484 g/mol. The lowest BCUT2D eigenvalue weighted by molar-refractivity contribution is -0.129. The van der Waals surface area contributed by atoms with E-state index in [0.29, 0.717) is 22.6 Å². The SMILES string of the molecule is O=C(CSc1nnnn1-c1ccccc1)N1CCN(S(=O)(=O)c2ccc(Cl)s2)CC1. The highest BCUT2D eigenvalue weighted by Crippen LogP contribution is 2.28. The van der Waals surface area contributed by atoms with Crippen LogP contribution in [0, 0.1) is 0 Å². The maximum Gasteiger partial charge on any atom is 0.252 e. The first kappa shape index (κ1) is 21.2. The van der Waals surface area contributed by atoms with E-state index in [1.54, 1.807) is 15.6 Å². The molecule has 30 heavy (non-hydrogen) atoms. The van der Waals surface area contributed by atoms with E-state index in [2.05, 4.69) is 15.5 Å². The molecule has 2 aromatic heterocycles. The maximum absolute atomic E-state index is 12.7. The second-order valence-electron chi connectivity index (χ2n) is 6.34. The lowest BCUT2D eigenvalue weighted by atomic mass is 10.3. The summed E-state index contributed by atoms with van der Waals surface area (Å²) in [6.07, 6.45) is 0. The number of thiophene rings is 1. The van der Waals surface area contributed by atoms with Crippen LogP contribution in [0.3, 0.4) is 0 Å². The maximum atomic E-state index is 12.7. The van der Waals surface area contributed by atoms with Crippen LogP contribution in [-0.4, -0.2) is 75.7 Å². The Kier molecular flexibility index (Phi) is 6.39. The zero-order valence-electron chi connectivity index (χ0n) is 15.6. The average Bonchev–Trinajstić information content (AvgIpc) is 3.42. The van der Waals surface area contributed by atoms with E-state index < -0.39 is 10.0 Å². The molecule has 4 rings (SSSR count). The fourth-order valence-corrected chi connectivity index (χ4v) is 6.81. The Morgan fingerprint density at radius 2 is 1.83 bits per heavy atom. The lowest BCUT2D eigenvalue weighted by Gasteiger charge is -2.33. The number of halogens is 1. The van der Waals surface area contributed by atoms with E-state index in [1.165, 1.54) is 22.1 Å². The van der Waals surface area contributed by atoms with Crippen molar-refractivity contribution >= 4 is 50.6 Å². The van der Waals surface area contributed by atoms with Gasteiger partial charge < -0.3 is 4.90 Å². The number of benzene rings is 1. The van der Waals surface area contributed by atoms with Gasteiger partial charge in [0.05, 0.1) is 15.8 Å². The molecule has 3 heterocycles. The average molecular weight is 485 g/mol. The first-order chi connectivity index (χ1) is 14.4. The normalized spacial score (nSPS) is 15.4. The van der Waals surface area contributed by atoms with Crippen molar-refractivity contribution in [3.05, 3.63) is 46.8 Å². The third-order valence-corrected chi connectivity index (χ3v) is 9.00. The van der Waals surface area contributed by atoms with Crippen LogP contribution in [0.1, 0.15) is 0 Å². The highest BCUT2D eigenvalue weighted by molar-refractivity contribution is 7.99. The molecule has 0 radical (unpaired) electrons. The summed E-state index contributed by atoms with van der Waals surface area (Å²) in [6.45, 7) is 1.16. The first-order valence-electron chi connectivity index (χ1n) is 8.95. The van der Waals surface area contributed by atoms with Gasteiger partial charge >= 0.3 is 0 Å². The van der Waals surface area contributed by atoms with Crippen LogP contribution < -0.4 is 0 Å². The summed E-state index contributed by atoms with van der Waals surface area (Å²) < 4.78 is 29.0. The molecule has 0 atom stereocenters. The number of hydrogen-bond acceptors (Lipinski definition) is 8. The summed E-state index contributed by atoms with van der Waals surface area (Å²) in [5.74, 6) is 0.0827. The number of para-hydroxylation sites is 1. The van der Waals surface area contributed by atoms with Crippen molar-refractivity contribution < 1.29 is 13.2 Å².